The summed E-state index contributed by atoms with van der Waals surface area (Å²) in [7, 11) is -2.15. The van der Waals surface area contributed by atoms with Crippen LogP contribution in [0.15, 0.2) is 18.2 Å². The van der Waals surface area contributed by atoms with Crippen LogP contribution in [0.4, 0.5) is 5.69 Å². The zero-order valence-corrected chi connectivity index (χ0v) is 18.2. The Labute approximate surface area is 169 Å². The molecule has 1 aliphatic rings. The topological polar surface area (TPSA) is 79.0 Å². The molecule has 1 saturated heterocycles. The lowest BCUT2D eigenvalue weighted by Crippen LogP contribution is -2.41. The van der Waals surface area contributed by atoms with Gasteiger partial charge in [-0.3, -0.25) is 9.10 Å². The van der Waals surface area contributed by atoms with Gasteiger partial charge in [0.05, 0.1) is 19.1 Å². The van der Waals surface area contributed by atoms with Crippen LogP contribution in [0, 0.1) is 12.8 Å². The molecule has 2 rings (SSSR count). The van der Waals surface area contributed by atoms with Crippen LogP contribution in [-0.2, 0) is 14.8 Å². The van der Waals surface area contributed by atoms with Crippen molar-refractivity contribution >= 4 is 21.6 Å². The number of anilines is 1. The first kappa shape index (κ1) is 22.5. The summed E-state index contributed by atoms with van der Waals surface area (Å²) >= 11 is 0. The zero-order chi connectivity index (χ0) is 20.7. The molecule has 0 aromatic heterocycles. The maximum absolute atomic E-state index is 12.4. The molecular weight excluding hydrogens is 378 g/mol. The second-order valence-electron chi connectivity index (χ2n) is 7.67. The molecule has 1 N–H and O–H groups in total. The van der Waals surface area contributed by atoms with E-state index in [1.807, 2.05) is 13.0 Å². The molecular formula is C20H33N3O4S. The van der Waals surface area contributed by atoms with E-state index in [0.29, 0.717) is 18.0 Å². The fourth-order valence-electron chi connectivity index (χ4n) is 3.38. The van der Waals surface area contributed by atoms with Gasteiger partial charge in [0.25, 0.3) is 0 Å². The van der Waals surface area contributed by atoms with Crippen molar-refractivity contribution in [2.75, 3.05) is 50.4 Å². The fraction of sp³-hybridized carbons (Fsp3) is 0.650. The number of methoxy groups -OCH3 is 1. The third-order valence-corrected chi connectivity index (χ3v) is 6.27. The Morgan fingerprint density at radius 2 is 2.00 bits per heavy atom. The van der Waals surface area contributed by atoms with Gasteiger partial charge in [-0.05, 0) is 69.4 Å². The molecule has 8 heteroatoms. The van der Waals surface area contributed by atoms with E-state index in [1.54, 1.807) is 12.1 Å². The summed E-state index contributed by atoms with van der Waals surface area (Å²) in [5, 5.41) is 2.84. The number of amides is 1. The maximum Gasteiger partial charge on any atom is 0.240 e. The average Bonchev–Trinajstić information content (AvgIpc) is 2.64. The number of nitrogens with one attached hydrogen (secondary N) is 1. The number of likely N-dealkylation sites (tertiary alicyclic amines) is 1. The second kappa shape index (κ2) is 10.1. The summed E-state index contributed by atoms with van der Waals surface area (Å²) in [4.78, 5) is 14.8. The minimum Gasteiger partial charge on any atom is -0.495 e. The van der Waals surface area contributed by atoms with Crippen molar-refractivity contribution in [3.05, 3.63) is 23.8 Å². The molecule has 0 radical (unpaired) electrons. The van der Waals surface area contributed by atoms with E-state index in [9.17, 15) is 13.2 Å². The van der Waals surface area contributed by atoms with Crippen molar-refractivity contribution < 1.29 is 17.9 Å². The second-order valence-corrected chi connectivity index (χ2v) is 9.58. The first-order chi connectivity index (χ1) is 13.2. The standard InChI is InChI=1S/C20H33N3O4S/c1-16-8-12-22(13-9-16)11-5-10-21-20(24)15-23(28(4,25)26)18-14-17(2)6-7-19(18)27-3/h6-7,14,16H,5,8-13,15H2,1-4H3,(H,21,24). The number of sulfonamides is 1. The molecule has 0 saturated carbocycles. The van der Waals surface area contributed by atoms with E-state index in [1.165, 1.54) is 20.0 Å². The van der Waals surface area contributed by atoms with Crippen molar-refractivity contribution in [2.24, 2.45) is 5.92 Å². The van der Waals surface area contributed by atoms with Gasteiger partial charge in [0, 0.05) is 6.54 Å². The molecule has 0 aliphatic carbocycles. The molecule has 7 nitrogen and oxygen atoms in total. The molecule has 1 aromatic carbocycles. The molecule has 0 bridgehead atoms. The van der Waals surface area contributed by atoms with Gasteiger partial charge in [0.1, 0.15) is 12.3 Å². The predicted octanol–water partition coefficient (Wildman–Crippen LogP) is 2.01. The molecule has 1 fully saturated rings. The van der Waals surface area contributed by atoms with E-state index < -0.39 is 10.0 Å². The molecule has 1 aliphatic heterocycles. The molecule has 0 spiro atoms. The SMILES string of the molecule is COc1ccc(C)cc1N(CC(=O)NCCCN1CCC(C)CC1)S(C)(=O)=O. The lowest BCUT2D eigenvalue weighted by atomic mass is 9.99. The van der Waals surface area contributed by atoms with Crippen molar-refractivity contribution in [2.45, 2.75) is 33.1 Å². The number of aryl methyl sites for hydroxylation is 1. The van der Waals surface area contributed by atoms with Crippen LogP contribution in [0.5, 0.6) is 5.75 Å². The molecule has 1 heterocycles. The van der Waals surface area contributed by atoms with Gasteiger partial charge in [0.2, 0.25) is 15.9 Å². The average molecular weight is 412 g/mol. The first-order valence-electron chi connectivity index (χ1n) is 9.82. The third kappa shape index (κ3) is 6.67. The highest BCUT2D eigenvalue weighted by atomic mass is 32.2. The number of hydrogen-bond donors (Lipinski definition) is 1. The summed E-state index contributed by atoms with van der Waals surface area (Å²) < 4.78 is 31.0. The number of carbonyl (C=O) groups excluding carboxylic acids is 1. The largest absolute Gasteiger partial charge is 0.495 e. The Hall–Kier alpha value is -1.80. The van der Waals surface area contributed by atoms with Crippen molar-refractivity contribution in [3.63, 3.8) is 0 Å². The van der Waals surface area contributed by atoms with Crippen LogP contribution in [-0.4, -0.2) is 65.3 Å². The van der Waals surface area contributed by atoms with Crippen LogP contribution in [0.3, 0.4) is 0 Å². The van der Waals surface area contributed by atoms with Crippen LogP contribution in [0.2, 0.25) is 0 Å². The monoisotopic (exact) mass is 411 g/mol. The number of benzene rings is 1. The van der Waals surface area contributed by atoms with Crippen molar-refractivity contribution in [3.8, 4) is 5.75 Å². The Balaban J connectivity index is 1.91. The van der Waals surface area contributed by atoms with Crippen LogP contribution in [0.1, 0.15) is 31.7 Å². The van der Waals surface area contributed by atoms with E-state index in [2.05, 4.69) is 17.1 Å². The van der Waals surface area contributed by atoms with Crippen molar-refractivity contribution in [1.82, 2.24) is 10.2 Å². The number of nitrogens with zero attached hydrogens (tertiary/aromatic N) is 2. The fourth-order valence-corrected chi connectivity index (χ4v) is 4.23. The first-order valence-corrected chi connectivity index (χ1v) is 11.7. The highest BCUT2D eigenvalue weighted by Crippen LogP contribution is 2.30. The molecule has 1 aromatic rings. The number of piperidine rings is 1. The lowest BCUT2D eigenvalue weighted by molar-refractivity contribution is -0.119. The smallest absolute Gasteiger partial charge is 0.240 e. The zero-order valence-electron chi connectivity index (χ0n) is 17.4. The minimum absolute atomic E-state index is 0.264. The number of ether oxygens (including phenoxy) is 1. The lowest BCUT2D eigenvalue weighted by Gasteiger charge is -2.30. The Morgan fingerprint density at radius 1 is 1.32 bits per heavy atom. The predicted molar refractivity (Wildman–Crippen MR) is 112 cm³/mol. The quantitative estimate of drug-likeness (QED) is 0.629. The molecule has 0 atom stereocenters. The molecule has 28 heavy (non-hydrogen) atoms. The highest BCUT2D eigenvalue weighted by molar-refractivity contribution is 7.92. The van der Waals surface area contributed by atoms with E-state index >= 15 is 0 Å². The van der Waals surface area contributed by atoms with Crippen LogP contribution < -0.4 is 14.4 Å². The molecule has 1 amide bonds. The van der Waals surface area contributed by atoms with E-state index in [-0.39, 0.29) is 12.5 Å². The molecule has 158 valence electrons. The number of rotatable bonds is 9. The number of carbonyl (C=O) groups is 1. The molecule has 0 unspecified atom stereocenters. The van der Waals surface area contributed by atoms with E-state index in [0.717, 1.165) is 48.1 Å². The van der Waals surface area contributed by atoms with Gasteiger partial charge >= 0.3 is 0 Å². The Bertz CT molecular complexity index is 759. The van der Waals surface area contributed by atoms with Crippen LogP contribution in [0.25, 0.3) is 0 Å². The third-order valence-electron chi connectivity index (χ3n) is 5.14. The summed E-state index contributed by atoms with van der Waals surface area (Å²) in [6, 6.07) is 5.26. The van der Waals surface area contributed by atoms with Gasteiger partial charge in [-0.25, -0.2) is 8.42 Å². The Morgan fingerprint density at radius 3 is 2.61 bits per heavy atom. The minimum atomic E-state index is -3.63. The van der Waals surface area contributed by atoms with Gasteiger partial charge in [0.15, 0.2) is 0 Å². The summed E-state index contributed by atoms with van der Waals surface area (Å²) in [6.45, 7) is 7.61. The highest BCUT2D eigenvalue weighted by Gasteiger charge is 2.24. The number of hydrogen-bond acceptors (Lipinski definition) is 5. The van der Waals surface area contributed by atoms with Gasteiger partial charge in [-0.2, -0.15) is 0 Å². The van der Waals surface area contributed by atoms with E-state index in [4.69, 9.17) is 4.74 Å². The van der Waals surface area contributed by atoms with Crippen LogP contribution >= 0.6 is 0 Å². The summed E-state index contributed by atoms with van der Waals surface area (Å²) in [5.74, 6) is 0.904. The maximum atomic E-state index is 12.4. The van der Waals surface area contributed by atoms with Gasteiger partial charge in [-0.15, -0.1) is 0 Å². The van der Waals surface area contributed by atoms with Gasteiger partial charge < -0.3 is 15.0 Å². The normalized spacial score (nSPS) is 16.0. The Kier molecular flexibility index (Phi) is 8.12. The van der Waals surface area contributed by atoms with Crippen molar-refractivity contribution in [1.29, 1.82) is 0 Å². The van der Waals surface area contributed by atoms with Gasteiger partial charge in [-0.1, -0.05) is 13.0 Å². The summed E-state index contributed by atoms with van der Waals surface area (Å²) in [6.07, 6.45) is 4.41. The summed E-state index contributed by atoms with van der Waals surface area (Å²) in [5.41, 5.74) is 1.27.